The van der Waals surface area contributed by atoms with Gasteiger partial charge in [-0.05, 0) is 24.1 Å². The molecule has 0 saturated carbocycles. The Hall–Kier alpha value is -1.20. The lowest BCUT2D eigenvalue weighted by atomic mass is 10.1. The Labute approximate surface area is 114 Å². The standard InChI is InChI=1S/C12H12ClNO3S/c13-8-3-1-2-7(4-8)5-10-11(15)14-9(6-18-10)12(16)17/h1-4,9-10H,5-6H2,(H,14,15)(H,16,17)/t9-,10-/m0/s1. The van der Waals surface area contributed by atoms with Crippen molar-refractivity contribution in [1.82, 2.24) is 5.32 Å². The van der Waals surface area contributed by atoms with Crippen molar-refractivity contribution in [2.24, 2.45) is 0 Å². The van der Waals surface area contributed by atoms with E-state index in [9.17, 15) is 9.59 Å². The van der Waals surface area contributed by atoms with Crippen LogP contribution in [0.4, 0.5) is 0 Å². The molecule has 1 amide bonds. The molecule has 0 unspecified atom stereocenters. The highest BCUT2D eigenvalue weighted by Gasteiger charge is 2.32. The molecule has 1 fully saturated rings. The second-order valence-corrected chi connectivity index (χ2v) is 5.73. The summed E-state index contributed by atoms with van der Waals surface area (Å²) in [5, 5.41) is 11.7. The van der Waals surface area contributed by atoms with Crippen LogP contribution in [0.5, 0.6) is 0 Å². The number of hydrogen-bond acceptors (Lipinski definition) is 3. The summed E-state index contributed by atoms with van der Waals surface area (Å²) in [5.41, 5.74) is 0.976. The number of carbonyl (C=O) groups excluding carboxylic acids is 1. The lowest BCUT2D eigenvalue weighted by Crippen LogP contribution is -2.51. The molecule has 0 spiro atoms. The van der Waals surface area contributed by atoms with Crippen molar-refractivity contribution < 1.29 is 14.7 Å². The van der Waals surface area contributed by atoms with Crippen molar-refractivity contribution in [1.29, 1.82) is 0 Å². The number of amides is 1. The molecule has 4 nitrogen and oxygen atoms in total. The third-order valence-electron chi connectivity index (χ3n) is 2.68. The minimum Gasteiger partial charge on any atom is -0.480 e. The molecule has 2 rings (SSSR count). The fraction of sp³-hybridized carbons (Fsp3) is 0.333. The van der Waals surface area contributed by atoms with Gasteiger partial charge in [0.15, 0.2) is 0 Å². The maximum absolute atomic E-state index is 11.8. The Morgan fingerprint density at radius 2 is 2.33 bits per heavy atom. The molecule has 2 atom stereocenters. The molecule has 96 valence electrons. The van der Waals surface area contributed by atoms with E-state index in [-0.39, 0.29) is 11.2 Å². The molecule has 2 N–H and O–H groups in total. The topological polar surface area (TPSA) is 66.4 Å². The molecule has 0 aliphatic carbocycles. The van der Waals surface area contributed by atoms with E-state index < -0.39 is 12.0 Å². The van der Waals surface area contributed by atoms with Gasteiger partial charge in [0.05, 0.1) is 5.25 Å². The maximum atomic E-state index is 11.8. The maximum Gasteiger partial charge on any atom is 0.327 e. The van der Waals surface area contributed by atoms with E-state index in [1.807, 2.05) is 18.2 Å². The van der Waals surface area contributed by atoms with E-state index in [2.05, 4.69) is 5.32 Å². The van der Waals surface area contributed by atoms with Gasteiger partial charge in [-0.25, -0.2) is 4.79 Å². The number of carboxylic acids is 1. The molecule has 1 heterocycles. The predicted molar refractivity (Wildman–Crippen MR) is 71.0 cm³/mol. The van der Waals surface area contributed by atoms with Gasteiger partial charge in [0.1, 0.15) is 6.04 Å². The van der Waals surface area contributed by atoms with Crippen molar-refractivity contribution in [3.8, 4) is 0 Å². The van der Waals surface area contributed by atoms with Gasteiger partial charge in [0.25, 0.3) is 0 Å². The first kappa shape index (κ1) is 13.2. The molecule has 1 saturated heterocycles. The Morgan fingerprint density at radius 3 is 2.94 bits per heavy atom. The van der Waals surface area contributed by atoms with E-state index in [0.29, 0.717) is 17.2 Å². The number of carbonyl (C=O) groups is 2. The summed E-state index contributed by atoms with van der Waals surface area (Å²) in [6.45, 7) is 0. The Balaban J connectivity index is 1.99. The molecule has 1 aromatic rings. The van der Waals surface area contributed by atoms with Crippen LogP contribution in [0.25, 0.3) is 0 Å². The van der Waals surface area contributed by atoms with Crippen LogP contribution in [0.15, 0.2) is 24.3 Å². The second-order valence-electron chi connectivity index (χ2n) is 4.06. The molecule has 18 heavy (non-hydrogen) atoms. The van der Waals surface area contributed by atoms with E-state index in [1.165, 1.54) is 11.8 Å². The summed E-state index contributed by atoms with van der Waals surface area (Å²) in [6, 6.07) is 6.56. The van der Waals surface area contributed by atoms with Gasteiger partial charge in [-0.2, -0.15) is 0 Å². The Kier molecular flexibility index (Phi) is 4.14. The minimum absolute atomic E-state index is 0.223. The number of nitrogens with one attached hydrogen (secondary N) is 1. The van der Waals surface area contributed by atoms with Crippen LogP contribution in [0, 0.1) is 0 Å². The minimum atomic E-state index is -0.989. The van der Waals surface area contributed by atoms with E-state index >= 15 is 0 Å². The average Bonchev–Trinajstić information content (AvgIpc) is 2.31. The molecule has 1 aliphatic heterocycles. The molecule has 0 radical (unpaired) electrons. The van der Waals surface area contributed by atoms with Crippen LogP contribution in [0.1, 0.15) is 5.56 Å². The zero-order valence-electron chi connectivity index (χ0n) is 9.43. The number of aliphatic carboxylic acids is 1. The van der Waals surface area contributed by atoms with Gasteiger partial charge >= 0.3 is 5.97 Å². The van der Waals surface area contributed by atoms with Gasteiger partial charge < -0.3 is 10.4 Å². The first-order valence-electron chi connectivity index (χ1n) is 5.45. The van der Waals surface area contributed by atoms with Crippen molar-refractivity contribution >= 4 is 35.2 Å². The average molecular weight is 286 g/mol. The molecular formula is C12H12ClNO3S. The lowest BCUT2D eigenvalue weighted by molar-refractivity contribution is -0.141. The fourth-order valence-electron chi connectivity index (χ4n) is 1.76. The number of benzene rings is 1. The van der Waals surface area contributed by atoms with E-state index in [4.69, 9.17) is 16.7 Å². The molecule has 1 aromatic carbocycles. The normalized spacial score (nSPS) is 23.5. The van der Waals surface area contributed by atoms with E-state index in [0.717, 1.165) is 5.56 Å². The monoisotopic (exact) mass is 285 g/mol. The fourth-order valence-corrected chi connectivity index (χ4v) is 3.15. The van der Waals surface area contributed by atoms with Crippen LogP contribution >= 0.6 is 23.4 Å². The summed E-state index contributed by atoms with van der Waals surface area (Å²) in [7, 11) is 0. The number of rotatable bonds is 3. The van der Waals surface area contributed by atoms with Crippen molar-refractivity contribution in [2.75, 3.05) is 5.75 Å². The predicted octanol–water partition coefficient (Wildman–Crippen LogP) is 1.57. The van der Waals surface area contributed by atoms with Crippen LogP contribution < -0.4 is 5.32 Å². The lowest BCUT2D eigenvalue weighted by Gasteiger charge is -2.26. The molecule has 6 heteroatoms. The summed E-state index contributed by atoms with van der Waals surface area (Å²) in [4.78, 5) is 22.5. The molecule has 1 aliphatic rings. The van der Waals surface area contributed by atoms with Crippen LogP contribution in [-0.4, -0.2) is 34.0 Å². The van der Waals surface area contributed by atoms with Crippen LogP contribution in [0.2, 0.25) is 5.02 Å². The first-order valence-corrected chi connectivity index (χ1v) is 6.88. The summed E-state index contributed by atoms with van der Waals surface area (Å²) < 4.78 is 0. The Bertz CT molecular complexity index is 480. The zero-order valence-corrected chi connectivity index (χ0v) is 11.0. The van der Waals surface area contributed by atoms with Gasteiger partial charge in [-0.3, -0.25) is 4.79 Å². The molecule has 0 bridgehead atoms. The number of carboxylic acid groups (broad SMARTS) is 1. The third kappa shape index (κ3) is 3.17. The second kappa shape index (κ2) is 5.63. The number of halogens is 1. The summed E-state index contributed by atoms with van der Waals surface area (Å²) in [6.07, 6.45) is 0.559. The zero-order chi connectivity index (χ0) is 13.1. The van der Waals surface area contributed by atoms with Crippen LogP contribution in [-0.2, 0) is 16.0 Å². The van der Waals surface area contributed by atoms with Crippen LogP contribution in [0.3, 0.4) is 0 Å². The largest absolute Gasteiger partial charge is 0.480 e. The molecule has 0 aromatic heterocycles. The van der Waals surface area contributed by atoms with Crippen molar-refractivity contribution in [3.63, 3.8) is 0 Å². The highest BCUT2D eigenvalue weighted by atomic mass is 35.5. The Morgan fingerprint density at radius 1 is 1.56 bits per heavy atom. The quantitative estimate of drug-likeness (QED) is 0.885. The van der Waals surface area contributed by atoms with Crippen molar-refractivity contribution in [3.05, 3.63) is 34.9 Å². The smallest absolute Gasteiger partial charge is 0.327 e. The van der Waals surface area contributed by atoms with Gasteiger partial charge in [0.2, 0.25) is 5.91 Å². The van der Waals surface area contributed by atoms with Gasteiger partial charge in [-0.1, -0.05) is 23.7 Å². The third-order valence-corrected chi connectivity index (χ3v) is 4.23. The van der Waals surface area contributed by atoms with E-state index in [1.54, 1.807) is 6.07 Å². The van der Waals surface area contributed by atoms with Gasteiger partial charge in [0, 0.05) is 10.8 Å². The highest BCUT2D eigenvalue weighted by molar-refractivity contribution is 8.00. The van der Waals surface area contributed by atoms with Gasteiger partial charge in [-0.15, -0.1) is 11.8 Å². The summed E-state index contributed by atoms with van der Waals surface area (Å²) in [5.74, 6) is -0.817. The number of hydrogen-bond donors (Lipinski definition) is 2. The highest BCUT2D eigenvalue weighted by Crippen LogP contribution is 2.23. The number of thioether (sulfide) groups is 1. The summed E-state index contributed by atoms with van der Waals surface area (Å²) >= 11 is 7.25. The first-order chi connectivity index (χ1) is 8.56. The molecular weight excluding hydrogens is 274 g/mol. The SMILES string of the molecule is O=C(O)[C@@H]1CS[C@@H](Cc2cccc(Cl)c2)C(=O)N1. The van der Waals surface area contributed by atoms with Crippen molar-refractivity contribution in [2.45, 2.75) is 17.7 Å².